The van der Waals surface area contributed by atoms with Gasteiger partial charge in [-0.15, -0.1) is 0 Å². The fourth-order valence-corrected chi connectivity index (χ4v) is 1.32. The number of carbonyl (C=O) groups excluding carboxylic acids is 1. The van der Waals surface area contributed by atoms with Gasteiger partial charge in [-0.1, -0.05) is 17.7 Å². The number of rotatable bonds is 2. The second kappa shape index (κ2) is 4.64. The Bertz CT molecular complexity index is 396. The molecule has 1 aromatic rings. The van der Waals surface area contributed by atoms with Crippen molar-refractivity contribution < 1.29 is 9.53 Å². The zero-order valence-electron chi connectivity index (χ0n) is 7.58. The highest BCUT2D eigenvalue weighted by atomic mass is 35.5. The third kappa shape index (κ3) is 2.24. The molecule has 1 aromatic carbocycles. The first kappa shape index (κ1) is 10.6. The topological polar surface area (TPSA) is 50.1 Å². The molecule has 0 aromatic heterocycles. The molecule has 0 spiro atoms. The van der Waals surface area contributed by atoms with Crippen LogP contribution >= 0.6 is 11.6 Å². The van der Waals surface area contributed by atoms with Crippen molar-refractivity contribution in [2.24, 2.45) is 0 Å². The minimum Gasteiger partial charge on any atom is -0.465 e. The summed E-state index contributed by atoms with van der Waals surface area (Å²) in [7, 11) is 1.29. The number of nitrogens with zero attached hydrogens (tertiary/aromatic N) is 1. The highest BCUT2D eigenvalue weighted by Gasteiger charge is 2.10. The first-order chi connectivity index (χ1) is 6.69. The fraction of sp³-hybridized carbons (Fsp3) is 0.200. The van der Waals surface area contributed by atoms with E-state index in [2.05, 4.69) is 4.74 Å². The molecule has 3 nitrogen and oxygen atoms in total. The van der Waals surface area contributed by atoms with Crippen molar-refractivity contribution in [2.45, 2.75) is 6.42 Å². The van der Waals surface area contributed by atoms with Crippen LogP contribution in [0.5, 0.6) is 0 Å². The van der Waals surface area contributed by atoms with Crippen LogP contribution < -0.4 is 0 Å². The summed E-state index contributed by atoms with van der Waals surface area (Å²) in [6, 6.07) is 6.83. The Balaban J connectivity index is 3.02. The van der Waals surface area contributed by atoms with Crippen molar-refractivity contribution in [3.05, 3.63) is 34.3 Å². The van der Waals surface area contributed by atoms with Gasteiger partial charge in [0.25, 0.3) is 0 Å². The third-order valence-corrected chi connectivity index (χ3v) is 2.03. The Kier molecular flexibility index (Phi) is 3.49. The smallest absolute Gasteiger partial charge is 0.339 e. The van der Waals surface area contributed by atoms with Crippen LogP contribution in [0.4, 0.5) is 0 Å². The van der Waals surface area contributed by atoms with Gasteiger partial charge in [-0.05, 0) is 17.7 Å². The van der Waals surface area contributed by atoms with Crippen LogP contribution in [0, 0.1) is 11.3 Å². The van der Waals surface area contributed by atoms with Crippen molar-refractivity contribution >= 4 is 17.6 Å². The van der Waals surface area contributed by atoms with Crippen LogP contribution in [0.1, 0.15) is 15.9 Å². The summed E-state index contributed by atoms with van der Waals surface area (Å²) in [6.07, 6.45) is 0.279. The average Bonchev–Trinajstić information content (AvgIpc) is 2.17. The second-order valence-electron chi connectivity index (χ2n) is 2.64. The van der Waals surface area contributed by atoms with Gasteiger partial charge < -0.3 is 4.74 Å². The molecule has 0 N–H and O–H groups in total. The normalized spacial score (nSPS) is 9.21. The molecule has 0 unspecified atom stereocenters. The van der Waals surface area contributed by atoms with Crippen molar-refractivity contribution in [2.75, 3.05) is 7.11 Å². The molecule has 1 rings (SSSR count). The predicted octanol–water partition coefficient (Wildman–Crippen LogP) is 2.19. The number of ether oxygens (including phenoxy) is 1. The van der Waals surface area contributed by atoms with Crippen LogP contribution in [-0.4, -0.2) is 13.1 Å². The van der Waals surface area contributed by atoms with Crippen LogP contribution in [0.15, 0.2) is 18.2 Å². The van der Waals surface area contributed by atoms with Gasteiger partial charge in [-0.2, -0.15) is 5.26 Å². The zero-order valence-corrected chi connectivity index (χ0v) is 8.34. The van der Waals surface area contributed by atoms with E-state index in [0.29, 0.717) is 10.6 Å². The minimum absolute atomic E-state index is 0.279. The van der Waals surface area contributed by atoms with Crippen LogP contribution in [0.2, 0.25) is 5.02 Å². The number of benzene rings is 1. The standard InChI is InChI=1S/C10H8ClNO2/c1-14-10(13)8-3-2-7(4-5-12)6-9(8)11/h2-3,6H,4H2,1H3. The van der Waals surface area contributed by atoms with Gasteiger partial charge in [0.1, 0.15) is 0 Å². The second-order valence-corrected chi connectivity index (χ2v) is 3.05. The van der Waals surface area contributed by atoms with E-state index in [1.165, 1.54) is 7.11 Å². The van der Waals surface area contributed by atoms with E-state index in [0.717, 1.165) is 5.56 Å². The molecule has 0 saturated carbocycles. The summed E-state index contributed by atoms with van der Waals surface area (Å²) in [5.74, 6) is -0.474. The van der Waals surface area contributed by atoms with Gasteiger partial charge in [-0.25, -0.2) is 4.79 Å². The zero-order chi connectivity index (χ0) is 10.6. The van der Waals surface area contributed by atoms with E-state index in [1.54, 1.807) is 18.2 Å². The molecule has 0 bridgehead atoms. The van der Waals surface area contributed by atoms with Gasteiger partial charge in [-0.3, -0.25) is 0 Å². The Morgan fingerprint density at radius 1 is 1.64 bits per heavy atom. The van der Waals surface area contributed by atoms with E-state index in [1.807, 2.05) is 6.07 Å². The van der Waals surface area contributed by atoms with E-state index in [4.69, 9.17) is 16.9 Å². The maximum Gasteiger partial charge on any atom is 0.339 e. The van der Waals surface area contributed by atoms with Crippen molar-refractivity contribution in [3.8, 4) is 6.07 Å². The maximum absolute atomic E-state index is 11.1. The molecular formula is C10H8ClNO2. The first-order valence-electron chi connectivity index (χ1n) is 3.92. The number of hydrogen-bond acceptors (Lipinski definition) is 3. The molecule has 0 atom stereocenters. The van der Waals surface area contributed by atoms with E-state index in [-0.39, 0.29) is 6.42 Å². The molecule has 0 saturated heterocycles. The summed E-state index contributed by atoms with van der Waals surface area (Å²) < 4.78 is 4.53. The number of methoxy groups -OCH3 is 1. The Hall–Kier alpha value is -1.53. The summed E-state index contributed by atoms with van der Waals surface area (Å²) in [5.41, 5.74) is 1.10. The monoisotopic (exact) mass is 209 g/mol. The lowest BCUT2D eigenvalue weighted by molar-refractivity contribution is 0.0601. The lowest BCUT2D eigenvalue weighted by Gasteiger charge is -2.02. The molecule has 0 radical (unpaired) electrons. The van der Waals surface area contributed by atoms with Crippen molar-refractivity contribution in [3.63, 3.8) is 0 Å². The van der Waals surface area contributed by atoms with Crippen molar-refractivity contribution in [1.29, 1.82) is 5.26 Å². The number of nitriles is 1. The van der Waals surface area contributed by atoms with E-state index >= 15 is 0 Å². The van der Waals surface area contributed by atoms with E-state index in [9.17, 15) is 4.79 Å². The first-order valence-corrected chi connectivity index (χ1v) is 4.30. The lowest BCUT2D eigenvalue weighted by atomic mass is 10.1. The molecule has 0 aliphatic heterocycles. The lowest BCUT2D eigenvalue weighted by Crippen LogP contribution is -2.02. The minimum atomic E-state index is -0.474. The average molecular weight is 210 g/mol. The molecule has 0 aliphatic rings. The largest absolute Gasteiger partial charge is 0.465 e. The number of hydrogen-bond donors (Lipinski definition) is 0. The molecule has 4 heteroatoms. The van der Waals surface area contributed by atoms with Gasteiger partial charge in [0.15, 0.2) is 0 Å². The molecular weight excluding hydrogens is 202 g/mol. The van der Waals surface area contributed by atoms with Crippen molar-refractivity contribution in [1.82, 2.24) is 0 Å². The number of esters is 1. The fourth-order valence-electron chi connectivity index (χ4n) is 1.04. The quantitative estimate of drug-likeness (QED) is 0.702. The highest BCUT2D eigenvalue weighted by molar-refractivity contribution is 6.33. The SMILES string of the molecule is COC(=O)c1ccc(CC#N)cc1Cl. The molecule has 72 valence electrons. The molecule has 0 aliphatic carbocycles. The Morgan fingerprint density at radius 2 is 2.36 bits per heavy atom. The summed E-state index contributed by atoms with van der Waals surface area (Å²) in [5, 5.41) is 8.76. The van der Waals surface area contributed by atoms with Gasteiger partial charge >= 0.3 is 5.97 Å². The van der Waals surface area contributed by atoms with Crippen LogP contribution in [-0.2, 0) is 11.2 Å². The third-order valence-electron chi connectivity index (χ3n) is 1.72. The maximum atomic E-state index is 11.1. The van der Waals surface area contributed by atoms with Crippen LogP contribution in [0.3, 0.4) is 0 Å². The molecule has 0 fully saturated rings. The molecule has 14 heavy (non-hydrogen) atoms. The molecule has 0 amide bonds. The summed E-state index contributed by atoms with van der Waals surface area (Å²) in [6.45, 7) is 0. The van der Waals surface area contributed by atoms with Gasteiger partial charge in [0, 0.05) is 0 Å². The Morgan fingerprint density at radius 3 is 2.86 bits per heavy atom. The summed E-state index contributed by atoms with van der Waals surface area (Å²) in [4.78, 5) is 11.1. The van der Waals surface area contributed by atoms with Gasteiger partial charge in [0.2, 0.25) is 0 Å². The summed E-state index contributed by atoms with van der Waals surface area (Å²) >= 11 is 5.83. The Labute approximate surface area is 86.9 Å². The van der Waals surface area contributed by atoms with Crippen LogP contribution in [0.25, 0.3) is 0 Å². The molecule has 0 heterocycles. The number of carbonyl (C=O) groups is 1. The number of halogens is 1. The van der Waals surface area contributed by atoms with E-state index < -0.39 is 5.97 Å². The van der Waals surface area contributed by atoms with Gasteiger partial charge in [0.05, 0.1) is 30.2 Å². The highest BCUT2D eigenvalue weighted by Crippen LogP contribution is 2.18. The predicted molar refractivity (Wildman–Crippen MR) is 52.1 cm³/mol.